The average molecular weight is 290 g/mol. The fourth-order valence-corrected chi connectivity index (χ4v) is 3.09. The Labute approximate surface area is 124 Å². The number of rotatable bonds is 7. The van der Waals surface area contributed by atoms with Crippen LogP contribution in [0.25, 0.3) is 0 Å². The molecule has 1 atom stereocenters. The normalized spacial score (nSPS) is 12.5. The van der Waals surface area contributed by atoms with Crippen molar-refractivity contribution in [3.05, 3.63) is 45.9 Å². The molecule has 0 fully saturated rings. The average Bonchev–Trinajstić information content (AvgIpc) is 2.81. The van der Waals surface area contributed by atoms with Gasteiger partial charge in [-0.25, -0.2) is 4.98 Å². The molecule has 1 aromatic heterocycles. The summed E-state index contributed by atoms with van der Waals surface area (Å²) >= 11 is 1.72. The van der Waals surface area contributed by atoms with Crippen LogP contribution < -0.4 is 5.32 Å². The van der Waals surface area contributed by atoms with Crippen LogP contribution >= 0.6 is 11.3 Å². The summed E-state index contributed by atoms with van der Waals surface area (Å²) in [6, 6.07) is 7.88. The molecule has 1 heterocycles. The highest BCUT2D eigenvalue weighted by atomic mass is 32.1. The number of aromatic nitrogens is 1. The van der Waals surface area contributed by atoms with Crippen LogP contribution in [-0.2, 0) is 12.8 Å². The summed E-state index contributed by atoms with van der Waals surface area (Å²) in [6.07, 6.45) is 2.97. The molecule has 0 aliphatic heterocycles. The minimum Gasteiger partial charge on any atom is -0.508 e. The van der Waals surface area contributed by atoms with Crippen molar-refractivity contribution in [1.82, 2.24) is 10.3 Å². The van der Waals surface area contributed by atoms with E-state index in [9.17, 15) is 5.11 Å². The first-order valence-electron chi connectivity index (χ1n) is 7.09. The van der Waals surface area contributed by atoms with E-state index in [0.29, 0.717) is 11.8 Å². The van der Waals surface area contributed by atoms with Crippen LogP contribution in [0.3, 0.4) is 0 Å². The minimum atomic E-state index is 0.335. The maximum atomic E-state index is 9.56. The third kappa shape index (κ3) is 4.62. The molecule has 108 valence electrons. The number of phenols is 1. The summed E-state index contributed by atoms with van der Waals surface area (Å²) in [5.74, 6) is 0.335. The Morgan fingerprint density at radius 2 is 2.20 bits per heavy atom. The topological polar surface area (TPSA) is 45.1 Å². The van der Waals surface area contributed by atoms with Gasteiger partial charge >= 0.3 is 0 Å². The van der Waals surface area contributed by atoms with Gasteiger partial charge in [-0.05, 0) is 44.0 Å². The van der Waals surface area contributed by atoms with E-state index in [2.05, 4.69) is 28.7 Å². The first-order chi connectivity index (χ1) is 9.67. The second-order valence-corrected chi connectivity index (χ2v) is 6.05. The summed E-state index contributed by atoms with van der Waals surface area (Å²) in [4.78, 5) is 4.55. The summed E-state index contributed by atoms with van der Waals surface area (Å²) in [6.45, 7) is 5.21. The molecule has 2 rings (SSSR count). The number of nitrogens with one attached hydrogen (secondary N) is 1. The second-order valence-electron chi connectivity index (χ2n) is 5.11. The number of hydrogen-bond acceptors (Lipinski definition) is 4. The van der Waals surface area contributed by atoms with Crippen LogP contribution in [-0.4, -0.2) is 22.7 Å². The van der Waals surface area contributed by atoms with Crippen molar-refractivity contribution in [2.24, 2.45) is 0 Å². The van der Waals surface area contributed by atoms with E-state index >= 15 is 0 Å². The van der Waals surface area contributed by atoms with Crippen molar-refractivity contribution in [3.63, 3.8) is 0 Å². The zero-order chi connectivity index (χ0) is 14.4. The fraction of sp³-hybridized carbons (Fsp3) is 0.438. The van der Waals surface area contributed by atoms with Gasteiger partial charge in [0.2, 0.25) is 0 Å². The Morgan fingerprint density at radius 3 is 2.85 bits per heavy atom. The van der Waals surface area contributed by atoms with Crippen molar-refractivity contribution in [2.75, 3.05) is 6.54 Å². The number of hydrogen-bond donors (Lipinski definition) is 2. The summed E-state index contributed by atoms with van der Waals surface area (Å²) in [5.41, 5.74) is 2.25. The molecule has 1 aromatic carbocycles. The number of thiazole rings is 1. The highest BCUT2D eigenvalue weighted by Crippen LogP contribution is 2.16. The Hall–Kier alpha value is -1.39. The highest BCUT2D eigenvalue weighted by molar-refractivity contribution is 7.09. The lowest BCUT2D eigenvalue weighted by atomic mass is 10.0. The molecule has 20 heavy (non-hydrogen) atoms. The van der Waals surface area contributed by atoms with Crippen LogP contribution in [0.4, 0.5) is 0 Å². The predicted molar refractivity (Wildman–Crippen MR) is 84.4 cm³/mol. The molecule has 2 aromatic rings. The fourth-order valence-electron chi connectivity index (χ4n) is 2.24. The van der Waals surface area contributed by atoms with Gasteiger partial charge in [-0.3, -0.25) is 0 Å². The lowest BCUT2D eigenvalue weighted by Gasteiger charge is -2.17. The highest BCUT2D eigenvalue weighted by Gasteiger charge is 2.12. The van der Waals surface area contributed by atoms with Gasteiger partial charge in [0.1, 0.15) is 5.75 Å². The maximum absolute atomic E-state index is 9.56. The van der Waals surface area contributed by atoms with E-state index < -0.39 is 0 Å². The zero-order valence-electron chi connectivity index (χ0n) is 12.1. The van der Waals surface area contributed by atoms with Gasteiger partial charge in [0, 0.05) is 23.5 Å². The van der Waals surface area contributed by atoms with Gasteiger partial charge in [0.25, 0.3) is 0 Å². The lowest BCUT2D eigenvalue weighted by Crippen LogP contribution is -2.33. The maximum Gasteiger partial charge on any atom is 0.115 e. The molecular weight excluding hydrogens is 268 g/mol. The Kier molecular flexibility index (Phi) is 5.56. The molecule has 3 nitrogen and oxygen atoms in total. The van der Waals surface area contributed by atoms with E-state index in [0.717, 1.165) is 37.1 Å². The summed E-state index contributed by atoms with van der Waals surface area (Å²) in [7, 11) is 0. The third-order valence-electron chi connectivity index (χ3n) is 3.16. The van der Waals surface area contributed by atoms with Crippen LogP contribution in [0.15, 0.2) is 29.6 Å². The Bertz CT molecular complexity index is 539. The van der Waals surface area contributed by atoms with E-state index in [-0.39, 0.29) is 0 Å². The number of aromatic hydroxyl groups is 1. The largest absolute Gasteiger partial charge is 0.508 e. The molecule has 0 aliphatic rings. The number of aryl methyl sites for hydroxylation is 1. The molecule has 0 aliphatic carbocycles. The number of phenolic OH excluding ortho intramolecular Hbond substituents is 1. The first-order valence-corrected chi connectivity index (χ1v) is 7.97. The molecule has 0 saturated heterocycles. The molecule has 0 bridgehead atoms. The molecule has 0 radical (unpaired) electrons. The summed E-state index contributed by atoms with van der Waals surface area (Å²) < 4.78 is 0. The first kappa shape index (κ1) is 15.0. The molecular formula is C16H22N2OS. The van der Waals surface area contributed by atoms with Crippen molar-refractivity contribution in [3.8, 4) is 5.75 Å². The van der Waals surface area contributed by atoms with Gasteiger partial charge in [-0.1, -0.05) is 19.1 Å². The number of nitrogens with zero attached hydrogens (tertiary/aromatic N) is 1. The zero-order valence-corrected chi connectivity index (χ0v) is 12.9. The van der Waals surface area contributed by atoms with Gasteiger partial charge in [-0.2, -0.15) is 0 Å². The van der Waals surface area contributed by atoms with E-state index in [1.165, 1.54) is 5.01 Å². The molecule has 1 unspecified atom stereocenters. The van der Waals surface area contributed by atoms with Crippen molar-refractivity contribution in [1.29, 1.82) is 0 Å². The van der Waals surface area contributed by atoms with Gasteiger partial charge in [0.05, 0.1) is 5.01 Å². The third-order valence-corrected chi connectivity index (χ3v) is 4.15. The van der Waals surface area contributed by atoms with Crippen LogP contribution in [0.2, 0.25) is 0 Å². The molecule has 0 saturated carbocycles. The monoisotopic (exact) mass is 290 g/mol. The molecule has 2 N–H and O–H groups in total. The Morgan fingerprint density at radius 1 is 1.35 bits per heavy atom. The van der Waals surface area contributed by atoms with E-state index in [1.54, 1.807) is 17.4 Å². The van der Waals surface area contributed by atoms with E-state index in [1.807, 2.05) is 19.1 Å². The second kappa shape index (κ2) is 7.41. The number of benzene rings is 1. The summed E-state index contributed by atoms with van der Waals surface area (Å²) in [5, 5.41) is 16.4. The standard InChI is InChI=1S/C16H22N2OS/c1-3-7-17-14(10-16-18-12(2)11-20-16)8-13-5-4-6-15(19)9-13/h4-6,9,11,14,17,19H,3,7-8,10H2,1-2H3. The minimum absolute atomic E-state index is 0.335. The van der Waals surface area contributed by atoms with E-state index in [4.69, 9.17) is 0 Å². The quantitative estimate of drug-likeness (QED) is 0.822. The van der Waals surface area contributed by atoms with Crippen LogP contribution in [0.1, 0.15) is 29.6 Å². The van der Waals surface area contributed by atoms with Gasteiger partial charge in [0.15, 0.2) is 0 Å². The van der Waals surface area contributed by atoms with Crippen molar-refractivity contribution < 1.29 is 5.11 Å². The van der Waals surface area contributed by atoms with Gasteiger partial charge < -0.3 is 10.4 Å². The van der Waals surface area contributed by atoms with Crippen LogP contribution in [0, 0.1) is 6.92 Å². The molecule has 4 heteroatoms. The SMILES string of the molecule is CCCNC(Cc1cccc(O)c1)Cc1nc(C)cs1. The Balaban J connectivity index is 2.02. The van der Waals surface area contributed by atoms with Crippen molar-refractivity contribution in [2.45, 2.75) is 39.2 Å². The van der Waals surface area contributed by atoms with Crippen LogP contribution in [0.5, 0.6) is 5.75 Å². The lowest BCUT2D eigenvalue weighted by molar-refractivity contribution is 0.471. The van der Waals surface area contributed by atoms with Crippen molar-refractivity contribution >= 4 is 11.3 Å². The smallest absolute Gasteiger partial charge is 0.115 e. The molecule has 0 spiro atoms. The predicted octanol–water partition coefficient (Wildman–Crippen LogP) is 3.31. The van der Waals surface area contributed by atoms with Gasteiger partial charge in [-0.15, -0.1) is 11.3 Å². The molecule has 0 amide bonds.